The van der Waals surface area contributed by atoms with Gasteiger partial charge in [-0.1, -0.05) is 15.9 Å². The van der Waals surface area contributed by atoms with Crippen LogP contribution in [0.2, 0.25) is 0 Å². The predicted octanol–water partition coefficient (Wildman–Crippen LogP) is 2.59. The molecule has 18 heavy (non-hydrogen) atoms. The summed E-state index contributed by atoms with van der Waals surface area (Å²) in [7, 11) is -5.95. The Labute approximate surface area is 107 Å². The van der Waals surface area contributed by atoms with Gasteiger partial charge >= 0.3 is 21.3 Å². The summed E-state index contributed by atoms with van der Waals surface area (Å²) in [5, 5.41) is 10.5. The van der Waals surface area contributed by atoms with Crippen LogP contribution in [0.3, 0.4) is 0 Å². The van der Waals surface area contributed by atoms with E-state index in [1.54, 1.807) is 0 Å². The van der Waals surface area contributed by atoms with Crippen molar-refractivity contribution in [1.82, 2.24) is 0 Å². The lowest BCUT2D eigenvalue weighted by molar-refractivity contribution is -0.385. The van der Waals surface area contributed by atoms with E-state index >= 15 is 0 Å². The fraction of sp³-hybridized carbons (Fsp3) is 0.143. The number of benzene rings is 1. The minimum absolute atomic E-state index is 0.125. The molecule has 0 aromatic heterocycles. The molecule has 1 aromatic rings. The molecule has 1 aromatic carbocycles. The first-order valence-electron chi connectivity index (χ1n) is 3.99. The Balaban J connectivity index is 3.27. The molecule has 0 saturated carbocycles. The molecule has 0 spiro atoms. The molecule has 0 saturated heterocycles. The van der Waals surface area contributed by atoms with Crippen LogP contribution in [0.15, 0.2) is 22.7 Å². The van der Waals surface area contributed by atoms with Crippen molar-refractivity contribution < 1.29 is 30.7 Å². The first-order valence-corrected chi connectivity index (χ1v) is 6.19. The number of nitro groups is 1. The molecule has 0 fully saturated rings. The summed E-state index contributed by atoms with van der Waals surface area (Å²) in [6.07, 6.45) is 0. The highest BCUT2D eigenvalue weighted by Gasteiger charge is 2.49. The molecular weight excluding hydrogens is 347 g/mol. The number of nitrogens with zero attached hydrogens (tertiary/aromatic N) is 1. The highest BCUT2D eigenvalue weighted by molar-refractivity contribution is 9.10. The topological polar surface area (TPSA) is 86.5 Å². The van der Waals surface area contributed by atoms with E-state index < -0.39 is 32.0 Å². The Hall–Kier alpha value is -1.36. The van der Waals surface area contributed by atoms with Crippen LogP contribution < -0.4 is 4.18 Å². The number of rotatable bonds is 3. The third kappa shape index (κ3) is 3.10. The molecule has 11 heteroatoms. The van der Waals surface area contributed by atoms with Crippen molar-refractivity contribution >= 4 is 31.7 Å². The normalized spacial score (nSPS) is 12.2. The number of nitro benzene ring substituents is 1. The first kappa shape index (κ1) is 14.7. The number of hydrogen-bond donors (Lipinski definition) is 0. The summed E-state index contributed by atoms with van der Waals surface area (Å²) in [6, 6.07) is 2.72. The van der Waals surface area contributed by atoms with Gasteiger partial charge in [0.2, 0.25) is 5.75 Å². The van der Waals surface area contributed by atoms with Gasteiger partial charge in [-0.2, -0.15) is 21.6 Å². The molecule has 1 rings (SSSR count). The second-order valence-corrected chi connectivity index (χ2v) is 5.31. The monoisotopic (exact) mass is 349 g/mol. The molecule has 0 bridgehead atoms. The van der Waals surface area contributed by atoms with Gasteiger partial charge in [0.1, 0.15) is 0 Å². The third-order valence-corrected chi connectivity index (χ3v) is 3.06. The zero-order valence-corrected chi connectivity index (χ0v) is 10.5. The fourth-order valence-corrected chi connectivity index (χ4v) is 1.68. The van der Waals surface area contributed by atoms with E-state index in [0.717, 1.165) is 18.2 Å². The molecule has 0 N–H and O–H groups in total. The smallest absolute Gasteiger partial charge is 0.369 e. The van der Waals surface area contributed by atoms with Crippen molar-refractivity contribution in [3.05, 3.63) is 32.8 Å². The fourth-order valence-electron chi connectivity index (χ4n) is 0.871. The minimum atomic E-state index is -5.95. The van der Waals surface area contributed by atoms with Gasteiger partial charge in [0.25, 0.3) is 0 Å². The van der Waals surface area contributed by atoms with Crippen LogP contribution in [0.5, 0.6) is 5.75 Å². The van der Waals surface area contributed by atoms with Crippen LogP contribution in [-0.4, -0.2) is 18.8 Å². The summed E-state index contributed by atoms with van der Waals surface area (Å²) in [5.41, 5.74) is -6.56. The van der Waals surface area contributed by atoms with E-state index in [4.69, 9.17) is 0 Å². The lowest BCUT2D eigenvalue weighted by Crippen LogP contribution is -2.28. The van der Waals surface area contributed by atoms with Gasteiger partial charge in [0.15, 0.2) is 0 Å². The second-order valence-electron chi connectivity index (χ2n) is 2.85. The number of halogens is 4. The van der Waals surface area contributed by atoms with Crippen molar-refractivity contribution in [3.8, 4) is 5.75 Å². The van der Waals surface area contributed by atoms with E-state index in [1.807, 2.05) is 0 Å². The molecule has 0 amide bonds. The Morgan fingerprint density at radius 1 is 1.33 bits per heavy atom. The van der Waals surface area contributed by atoms with Gasteiger partial charge < -0.3 is 4.18 Å². The molecule has 0 aliphatic rings. The molecule has 0 heterocycles. The Morgan fingerprint density at radius 3 is 2.33 bits per heavy atom. The van der Waals surface area contributed by atoms with Crippen molar-refractivity contribution in [3.63, 3.8) is 0 Å². The summed E-state index contributed by atoms with van der Waals surface area (Å²) in [4.78, 5) is 9.44. The van der Waals surface area contributed by atoms with E-state index in [0.29, 0.717) is 0 Å². The average molecular weight is 350 g/mol. The van der Waals surface area contributed by atoms with Crippen LogP contribution in [0, 0.1) is 10.1 Å². The van der Waals surface area contributed by atoms with Gasteiger partial charge in [-0.05, 0) is 6.07 Å². The maximum absolute atomic E-state index is 12.1. The molecule has 100 valence electrons. The average Bonchev–Trinajstić information content (AvgIpc) is 2.14. The van der Waals surface area contributed by atoms with E-state index in [2.05, 4.69) is 20.1 Å². The molecule has 6 nitrogen and oxygen atoms in total. The van der Waals surface area contributed by atoms with Gasteiger partial charge in [-0.25, -0.2) is 0 Å². The van der Waals surface area contributed by atoms with Crippen molar-refractivity contribution in [1.29, 1.82) is 0 Å². The Bertz CT molecular complexity index is 585. The first-order chi connectivity index (χ1) is 8.04. The van der Waals surface area contributed by atoms with Crippen molar-refractivity contribution in [2.24, 2.45) is 0 Å². The van der Waals surface area contributed by atoms with Crippen LogP contribution in [-0.2, 0) is 10.1 Å². The summed E-state index contributed by atoms with van der Waals surface area (Å²) >= 11 is 2.82. The molecule has 0 aliphatic carbocycles. The lowest BCUT2D eigenvalue weighted by Gasteiger charge is -2.09. The van der Waals surface area contributed by atoms with Crippen molar-refractivity contribution in [2.75, 3.05) is 0 Å². The summed E-state index contributed by atoms with van der Waals surface area (Å²) in [6.45, 7) is 0. The highest BCUT2D eigenvalue weighted by Crippen LogP contribution is 2.34. The predicted molar refractivity (Wildman–Crippen MR) is 56.4 cm³/mol. The zero-order chi connectivity index (χ0) is 14.1. The Morgan fingerprint density at radius 2 is 1.89 bits per heavy atom. The molecule has 0 unspecified atom stereocenters. The van der Waals surface area contributed by atoms with Crippen LogP contribution >= 0.6 is 15.9 Å². The van der Waals surface area contributed by atoms with Crippen LogP contribution in [0.1, 0.15) is 0 Å². The number of hydrogen-bond acceptors (Lipinski definition) is 5. The zero-order valence-electron chi connectivity index (χ0n) is 8.14. The van der Waals surface area contributed by atoms with Gasteiger partial charge in [0.05, 0.1) is 4.92 Å². The van der Waals surface area contributed by atoms with Gasteiger partial charge in [-0.15, -0.1) is 0 Å². The lowest BCUT2D eigenvalue weighted by atomic mass is 10.3. The third-order valence-electron chi connectivity index (χ3n) is 1.60. The van der Waals surface area contributed by atoms with Crippen molar-refractivity contribution in [2.45, 2.75) is 5.51 Å². The molecule has 0 radical (unpaired) electrons. The Kier molecular flexibility index (Phi) is 3.86. The number of alkyl halides is 3. The van der Waals surface area contributed by atoms with Gasteiger partial charge in [0, 0.05) is 16.6 Å². The highest BCUT2D eigenvalue weighted by atomic mass is 79.9. The van der Waals surface area contributed by atoms with Crippen LogP contribution in [0.25, 0.3) is 0 Å². The maximum atomic E-state index is 12.1. The molecular formula is C7H3BrF3NO5S. The largest absolute Gasteiger partial charge is 0.534 e. The van der Waals surface area contributed by atoms with E-state index in [1.165, 1.54) is 0 Å². The van der Waals surface area contributed by atoms with Crippen LogP contribution in [0.4, 0.5) is 18.9 Å². The summed E-state index contributed by atoms with van der Waals surface area (Å²) in [5.74, 6) is -1.02. The maximum Gasteiger partial charge on any atom is 0.534 e. The summed E-state index contributed by atoms with van der Waals surface area (Å²) < 4.78 is 61.5. The van der Waals surface area contributed by atoms with E-state index in [9.17, 15) is 31.7 Å². The standard InChI is InChI=1S/C7H3BrF3NO5S/c8-4-1-2-5(12(13)14)6(3-4)17-18(15,16)7(9,10)11/h1-3H. The minimum Gasteiger partial charge on any atom is -0.369 e. The van der Waals surface area contributed by atoms with E-state index in [-0.39, 0.29) is 4.47 Å². The quantitative estimate of drug-likeness (QED) is 0.362. The second kappa shape index (κ2) is 4.72. The molecule has 0 atom stereocenters. The molecule has 0 aliphatic heterocycles. The van der Waals surface area contributed by atoms with Gasteiger partial charge in [-0.3, -0.25) is 10.1 Å². The SMILES string of the molecule is O=[N+]([O-])c1ccc(Br)cc1OS(=O)(=O)C(F)(F)F.